The second-order valence-corrected chi connectivity index (χ2v) is 9.33. The van der Waals surface area contributed by atoms with Crippen LogP contribution in [0.1, 0.15) is 25.7 Å². The van der Waals surface area contributed by atoms with E-state index in [0.717, 1.165) is 37.8 Å². The highest BCUT2D eigenvalue weighted by Gasteiger charge is 2.23. The quantitative estimate of drug-likeness (QED) is 0.821. The minimum Gasteiger partial charge on any atom is -0.211 e. The van der Waals surface area contributed by atoms with E-state index in [9.17, 15) is 21.2 Å². The molecule has 1 fully saturated rings. The predicted octanol–water partition coefficient (Wildman–Crippen LogP) is 2.22. The smallest absolute Gasteiger partial charge is 0.211 e. The van der Waals surface area contributed by atoms with E-state index >= 15 is 0 Å². The number of hydrogen-bond acceptors (Lipinski definition) is 4. The average molecular weight is 356 g/mol. The fraction of sp³-hybridized carbons (Fsp3) is 0.500. The molecule has 0 unspecified atom stereocenters. The van der Waals surface area contributed by atoms with Gasteiger partial charge >= 0.3 is 0 Å². The molecule has 0 aliphatic heterocycles. The molecule has 1 saturated carbocycles. The van der Waals surface area contributed by atoms with E-state index in [2.05, 4.69) is 4.72 Å². The first-order valence-electron chi connectivity index (χ1n) is 6.44. The van der Waals surface area contributed by atoms with E-state index in [4.69, 9.17) is 10.7 Å². The lowest BCUT2D eigenvalue weighted by molar-refractivity contribution is 0.513. The van der Waals surface area contributed by atoms with E-state index < -0.39 is 34.7 Å². The highest BCUT2D eigenvalue weighted by atomic mass is 35.7. The van der Waals surface area contributed by atoms with Crippen LogP contribution in [0.5, 0.6) is 0 Å². The number of hydrogen-bond donors (Lipinski definition) is 1. The van der Waals surface area contributed by atoms with Gasteiger partial charge in [0.15, 0.2) is 0 Å². The van der Waals surface area contributed by atoms with Crippen molar-refractivity contribution in [1.82, 2.24) is 4.72 Å². The van der Waals surface area contributed by atoms with Crippen LogP contribution in [0.2, 0.25) is 0 Å². The van der Waals surface area contributed by atoms with E-state index in [-0.39, 0.29) is 12.5 Å². The van der Waals surface area contributed by atoms with Gasteiger partial charge in [0.2, 0.25) is 10.0 Å². The normalized spacial score (nSPS) is 17.2. The van der Waals surface area contributed by atoms with Crippen molar-refractivity contribution in [2.45, 2.75) is 35.5 Å². The SMILES string of the molecule is O=S(=O)(Cl)c1ccc(S(=O)(=O)NCC2CCCC2)c(F)c1. The molecular formula is C12H15ClFNO4S2. The number of rotatable bonds is 5. The molecule has 0 bridgehead atoms. The van der Waals surface area contributed by atoms with Gasteiger partial charge in [0.05, 0.1) is 4.90 Å². The van der Waals surface area contributed by atoms with Gasteiger partial charge in [-0.3, -0.25) is 0 Å². The Morgan fingerprint density at radius 3 is 2.33 bits per heavy atom. The standard InChI is InChI=1S/C12H15ClFNO4S2/c13-20(16,17)10-5-6-12(11(14)7-10)21(18,19)15-8-9-3-1-2-4-9/h5-7,9,15H,1-4,8H2. The van der Waals surface area contributed by atoms with Crippen LogP contribution in [0.4, 0.5) is 4.39 Å². The largest absolute Gasteiger partial charge is 0.261 e. The molecule has 118 valence electrons. The molecule has 0 saturated heterocycles. The molecule has 5 nitrogen and oxygen atoms in total. The molecule has 1 aromatic carbocycles. The van der Waals surface area contributed by atoms with Crippen LogP contribution >= 0.6 is 10.7 Å². The third-order valence-electron chi connectivity index (χ3n) is 3.51. The fourth-order valence-corrected chi connectivity index (χ4v) is 4.31. The van der Waals surface area contributed by atoms with Crippen molar-refractivity contribution < 1.29 is 21.2 Å². The highest BCUT2D eigenvalue weighted by molar-refractivity contribution is 8.13. The van der Waals surface area contributed by atoms with Crippen molar-refractivity contribution in [3.8, 4) is 0 Å². The van der Waals surface area contributed by atoms with E-state index in [0.29, 0.717) is 6.07 Å². The van der Waals surface area contributed by atoms with Gasteiger partial charge in [-0.05, 0) is 37.0 Å². The Bertz CT molecular complexity index is 728. The molecule has 1 N–H and O–H groups in total. The zero-order chi connectivity index (χ0) is 15.7. The monoisotopic (exact) mass is 355 g/mol. The van der Waals surface area contributed by atoms with Gasteiger partial charge in [-0.15, -0.1) is 0 Å². The summed E-state index contributed by atoms with van der Waals surface area (Å²) in [6.07, 6.45) is 4.05. The summed E-state index contributed by atoms with van der Waals surface area (Å²) in [6.45, 7) is 0.261. The lowest BCUT2D eigenvalue weighted by atomic mass is 10.1. The topological polar surface area (TPSA) is 80.3 Å². The van der Waals surface area contributed by atoms with Crippen LogP contribution in [0, 0.1) is 11.7 Å². The van der Waals surface area contributed by atoms with Crippen molar-refractivity contribution in [2.75, 3.05) is 6.54 Å². The lowest BCUT2D eigenvalue weighted by Crippen LogP contribution is -2.29. The zero-order valence-corrected chi connectivity index (χ0v) is 13.4. The first kappa shape index (κ1) is 16.7. The second kappa shape index (κ2) is 6.20. The first-order chi connectivity index (χ1) is 9.70. The minimum absolute atomic E-state index is 0.261. The molecule has 9 heteroatoms. The van der Waals surface area contributed by atoms with Crippen LogP contribution < -0.4 is 4.72 Å². The van der Waals surface area contributed by atoms with Gasteiger partial charge in [-0.25, -0.2) is 25.9 Å². The third kappa shape index (κ3) is 4.15. The van der Waals surface area contributed by atoms with Crippen LogP contribution in [-0.4, -0.2) is 23.4 Å². The summed E-state index contributed by atoms with van der Waals surface area (Å²) in [5, 5.41) is 0. The molecule has 1 aromatic rings. The molecule has 0 heterocycles. The average Bonchev–Trinajstić information content (AvgIpc) is 2.88. The van der Waals surface area contributed by atoms with E-state index in [1.54, 1.807) is 0 Å². The van der Waals surface area contributed by atoms with Crippen molar-refractivity contribution in [3.63, 3.8) is 0 Å². The van der Waals surface area contributed by atoms with E-state index in [1.165, 1.54) is 0 Å². The van der Waals surface area contributed by atoms with Gasteiger partial charge in [0.25, 0.3) is 9.05 Å². The summed E-state index contributed by atoms with van der Waals surface area (Å²) in [6, 6.07) is 2.48. The van der Waals surface area contributed by atoms with Crippen LogP contribution in [-0.2, 0) is 19.1 Å². The molecule has 0 amide bonds. The maximum absolute atomic E-state index is 13.8. The summed E-state index contributed by atoms with van der Waals surface area (Å²) in [5.74, 6) is -0.874. The number of halogens is 2. The van der Waals surface area contributed by atoms with Gasteiger partial charge in [-0.2, -0.15) is 0 Å². The summed E-state index contributed by atoms with van der Waals surface area (Å²) in [5.41, 5.74) is 0. The molecular weight excluding hydrogens is 341 g/mol. The van der Waals surface area contributed by atoms with Crippen molar-refractivity contribution in [1.29, 1.82) is 0 Å². The summed E-state index contributed by atoms with van der Waals surface area (Å²) < 4.78 is 62.4. The molecule has 0 atom stereocenters. The number of sulfonamides is 1. The summed E-state index contributed by atoms with van der Waals surface area (Å²) in [7, 11) is -3.01. The van der Waals surface area contributed by atoms with Crippen LogP contribution in [0.3, 0.4) is 0 Å². The number of benzene rings is 1. The van der Waals surface area contributed by atoms with E-state index in [1.807, 2.05) is 0 Å². The minimum atomic E-state index is -4.10. The molecule has 0 aromatic heterocycles. The fourth-order valence-electron chi connectivity index (χ4n) is 2.37. The summed E-state index contributed by atoms with van der Waals surface area (Å²) in [4.78, 5) is -1.05. The Morgan fingerprint density at radius 1 is 1.19 bits per heavy atom. The van der Waals surface area contributed by atoms with Crippen molar-refractivity contribution in [3.05, 3.63) is 24.0 Å². The van der Waals surface area contributed by atoms with Gasteiger partial charge in [0, 0.05) is 17.2 Å². The Kier molecular flexibility index (Phi) is 4.92. The number of nitrogens with one attached hydrogen (secondary N) is 1. The predicted molar refractivity (Wildman–Crippen MR) is 76.6 cm³/mol. The second-order valence-electron chi connectivity index (χ2n) is 5.03. The van der Waals surface area contributed by atoms with Crippen LogP contribution in [0.15, 0.2) is 28.0 Å². The van der Waals surface area contributed by atoms with Crippen molar-refractivity contribution >= 4 is 29.8 Å². The van der Waals surface area contributed by atoms with Gasteiger partial charge in [0.1, 0.15) is 10.7 Å². The maximum atomic E-state index is 13.8. The Labute approximate surface area is 128 Å². The van der Waals surface area contributed by atoms with Crippen molar-refractivity contribution in [2.24, 2.45) is 5.92 Å². The zero-order valence-electron chi connectivity index (χ0n) is 11.1. The van der Waals surface area contributed by atoms with Gasteiger partial charge < -0.3 is 0 Å². The first-order valence-corrected chi connectivity index (χ1v) is 10.2. The molecule has 0 radical (unpaired) electrons. The summed E-state index contributed by atoms with van der Waals surface area (Å²) >= 11 is 0. The third-order valence-corrected chi connectivity index (χ3v) is 6.32. The molecule has 1 aliphatic rings. The Balaban J connectivity index is 2.19. The molecule has 21 heavy (non-hydrogen) atoms. The van der Waals surface area contributed by atoms with Gasteiger partial charge in [-0.1, -0.05) is 12.8 Å². The highest BCUT2D eigenvalue weighted by Crippen LogP contribution is 2.25. The van der Waals surface area contributed by atoms with Crippen LogP contribution in [0.25, 0.3) is 0 Å². The maximum Gasteiger partial charge on any atom is 0.261 e. The molecule has 0 spiro atoms. The molecule has 2 rings (SSSR count). The Morgan fingerprint density at radius 2 is 1.81 bits per heavy atom. The lowest BCUT2D eigenvalue weighted by Gasteiger charge is -2.12. The molecule has 1 aliphatic carbocycles. The Hall–Kier alpha value is -0.700.